The molecular formula is C20H27N5O2. The van der Waals surface area contributed by atoms with Crippen LogP contribution in [-0.2, 0) is 6.54 Å². The first-order chi connectivity index (χ1) is 13.1. The molecule has 7 nitrogen and oxygen atoms in total. The number of methoxy groups -OCH3 is 1. The van der Waals surface area contributed by atoms with Crippen LogP contribution in [0.25, 0.3) is 0 Å². The lowest BCUT2D eigenvalue weighted by atomic mass is 10.0. The van der Waals surface area contributed by atoms with Crippen LogP contribution < -0.4 is 15.0 Å². The number of ether oxygens (including phenoxy) is 1. The fourth-order valence-corrected chi connectivity index (χ4v) is 3.22. The number of hydrogen-bond donors (Lipinski definition) is 1. The van der Waals surface area contributed by atoms with Crippen LogP contribution in [-0.4, -0.2) is 61.1 Å². The van der Waals surface area contributed by atoms with E-state index in [2.05, 4.69) is 44.5 Å². The van der Waals surface area contributed by atoms with Gasteiger partial charge in [-0.3, -0.25) is 9.69 Å². The van der Waals surface area contributed by atoms with Crippen LogP contribution >= 0.6 is 0 Å². The fraction of sp³-hybridized carbons (Fsp3) is 0.450. The number of nitrogens with zero attached hydrogens (tertiary/aromatic N) is 4. The molecule has 1 aliphatic heterocycles. The first-order valence-corrected chi connectivity index (χ1v) is 9.22. The Bertz CT molecular complexity index is 758. The summed E-state index contributed by atoms with van der Waals surface area (Å²) in [5, 5.41) is 3.10. The zero-order valence-corrected chi connectivity index (χ0v) is 16.2. The molecule has 0 saturated carbocycles. The average molecular weight is 369 g/mol. The van der Waals surface area contributed by atoms with Gasteiger partial charge in [0.2, 0.25) is 11.8 Å². The number of carbonyl (C=O) groups is 1. The highest BCUT2D eigenvalue weighted by molar-refractivity contribution is 5.96. The highest BCUT2D eigenvalue weighted by Crippen LogP contribution is 2.19. The summed E-state index contributed by atoms with van der Waals surface area (Å²) < 4.78 is 5.28. The summed E-state index contributed by atoms with van der Waals surface area (Å²) in [7, 11) is 5.20. The molecule has 2 aromatic rings. The number of aromatic nitrogens is 2. The number of carbonyl (C=O) groups excluding carboxylic acids is 1. The van der Waals surface area contributed by atoms with Gasteiger partial charge in [-0.2, -0.15) is 4.98 Å². The van der Waals surface area contributed by atoms with Crippen LogP contribution in [0, 0.1) is 0 Å². The molecular weight excluding hydrogens is 342 g/mol. The molecule has 0 radical (unpaired) electrons. The van der Waals surface area contributed by atoms with Crippen LogP contribution in [0.2, 0.25) is 0 Å². The molecule has 0 bridgehead atoms. The Morgan fingerprint density at radius 3 is 2.59 bits per heavy atom. The van der Waals surface area contributed by atoms with Crippen molar-refractivity contribution in [2.45, 2.75) is 25.4 Å². The summed E-state index contributed by atoms with van der Waals surface area (Å²) in [5.74, 6) is 0.629. The monoisotopic (exact) mass is 369 g/mol. The highest BCUT2D eigenvalue weighted by Gasteiger charge is 2.23. The van der Waals surface area contributed by atoms with E-state index < -0.39 is 0 Å². The number of amides is 1. The molecule has 0 unspecified atom stereocenters. The van der Waals surface area contributed by atoms with E-state index in [0.29, 0.717) is 17.4 Å². The van der Waals surface area contributed by atoms with Gasteiger partial charge in [0.25, 0.3) is 5.91 Å². The molecule has 27 heavy (non-hydrogen) atoms. The average Bonchev–Trinajstić information content (AvgIpc) is 2.69. The van der Waals surface area contributed by atoms with Gasteiger partial charge in [-0.1, -0.05) is 30.3 Å². The molecule has 144 valence electrons. The predicted molar refractivity (Wildman–Crippen MR) is 105 cm³/mol. The van der Waals surface area contributed by atoms with Crippen molar-refractivity contribution in [3.63, 3.8) is 0 Å². The van der Waals surface area contributed by atoms with E-state index >= 15 is 0 Å². The van der Waals surface area contributed by atoms with Crippen molar-refractivity contribution in [1.82, 2.24) is 20.2 Å². The van der Waals surface area contributed by atoms with E-state index in [-0.39, 0.29) is 11.9 Å². The second kappa shape index (κ2) is 8.81. The third-order valence-electron chi connectivity index (χ3n) is 4.75. The second-order valence-electron chi connectivity index (χ2n) is 7.00. The quantitative estimate of drug-likeness (QED) is 0.839. The second-order valence-corrected chi connectivity index (χ2v) is 7.00. The molecule has 0 aliphatic carbocycles. The molecule has 1 amide bonds. The first kappa shape index (κ1) is 19.1. The molecule has 3 rings (SSSR count). The van der Waals surface area contributed by atoms with E-state index in [1.807, 2.05) is 20.2 Å². The molecule has 1 aromatic heterocycles. The van der Waals surface area contributed by atoms with Gasteiger partial charge in [0, 0.05) is 46.0 Å². The molecule has 7 heteroatoms. The summed E-state index contributed by atoms with van der Waals surface area (Å²) in [6.07, 6.45) is 3.39. The smallest absolute Gasteiger partial charge is 0.258 e. The Hall–Kier alpha value is -2.67. The highest BCUT2D eigenvalue weighted by atomic mass is 16.5. The van der Waals surface area contributed by atoms with Crippen LogP contribution in [0.5, 0.6) is 5.88 Å². The lowest BCUT2D eigenvalue weighted by Gasteiger charge is -2.32. The van der Waals surface area contributed by atoms with Gasteiger partial charge in [-0.05, 0) is 18.4 Å². The number of nitrogens with one attached hydrogen (secondary N) is 1. The number of anilines is 1. The lowest BCUT2D eigenvalue weighted by Crippen LogP contribution is -2.44. The van der Waals surface area contributed by atoms with Gasteiger partial charge in [-0.15, -0.1) is 0 Å². The zero-order valence-electron chi connectivity index (χ0n) is 16.2. The van der Waals surface area contributed by atoms with Crippen molar-refractivity contribution in [3.8, 4) is 5.88 Å². The summed E-state index contributed by atoms with van der Waals surface area (Å²) in [5.41, 5.74) is 1.69. The van der Waals surface area contributed by atoms with Crippen molar-refractivity contribution < 1.29 is 9.53 Å². The molecule has 1 saturated heterocycles. The molecule has 1 fully saturated rings. The van der Waals surface area contributed by atoms with Gasteiger partial charge in [-0.25, -0.2) is 4.98 Å². The van der Waals surface area contributed by atoms with Crippen LogP contribution in [0.4, 0.5) is 5.95 Å². The van der Waals surface area contributed by atoms with Crippen LogP contribution in [0.1, 0.15) is 28.8 Å². The van der Waals surface area contributed by atoms with Crippen LogP contribution in [0.15, 0.2) is 36.5 Å². The van der Waals surface area contributed by atoms with Gasteiger partial charge in [0.15, 0.2) is 0 Å². The Morgan fingerprint density at radius 2 is 1.96 bits per heavy atom. The van der Waals surface area contributed by atoms with E-state index in [1.165, 1.54) is 18.9 Å². The molecule has 0 spiro atoms. The zero-order chi connectivity index (χ0) is 19.2. The number of benzene rings is 1. The van der Waals surface area contributed by atoms with E-state index in [1.54, 1.807) is 4.90 Å². The minimum Gasteiger partial charge on any atom is -0.480 e. The van der Waals surface area contributed by atoms with E-state index in [9.17, 15) is 4.79 Å². The maximum absolute atomic E-state index is 12.6. The van der Waals surface area contributed by atoms with E-state index in [4.69, 9.17) is 4.74 Å². The fourth-order valence-electron chi connectivity index (χ4n) is 3.22. The maximum atomic E-state index is 12.6. The molecule has 1 aliphatic rings. The predicted octanol–water partition coefficient (Wildman–Crippen LogP) is 1.95. The number of likely N-dealkylation sites (tertiary alicyclic amines) is 1. The minimum atomic E-state index is -0.182. The first-order valence-electron chi connectivity index (χ1n) is 9.22. The Morgan fingerprint density at radius 1 is 1.26 bits per heavy atom. The van der Waals surface area contributed by atoms with Crippen LogP contribution in [0.3, 0.4) is 0 Å². The van der Waals surface area contributed by atoms with E-state index in [0.717, 1.165) is 32.5 Å². The molecule has 1 aromatic carbocycles. The van der Waals surface area contributed by atoms with Gasteiger partial charge in [0.05, 0.1) is 7.11 Å². The van der Waals surface area contributed by atoms with Crippen molar-refractivity contribution >= 4 is 11.9 Å². The van der Waals surface area contributed by atoms with Gasteiger partial charge in [0.1, 0.15) is 5.56 Å². The number of rotatable bonds is 6. The van der Waals surface area contributed by atoms with Crippen molar-refractivity contribution in [2.75, 3.05) is 39.2 Å². The molecule has 1 N–H and O–H groups in total. The molecule has 0 atom stereocenters. The molecule has 2 heterocycles. The van der Waals surface area contributed by atoms with Crippen molar-refractivity contribution in [1.29, 1.82) is 0 Å². The number of hydrogen-bond acceptors (Lipinski definition) is 6. The summed E-state index contributed by atoms with van der Waals surface area (Å²) in [6.45, 7) is 2.88. The van der Waals surface area contributed by atoms with Gasteiger partial charge >= 0.3 is 0 Å². The SMILES string of the molecule is COc1nc(N(C)C)ncc1C(=O)NC1CCN(Cc2ccccc2)CC1. The minimum absolute atomic E-state index is 0.155. The standard InChI is InChI=1S/C20H27N5O2/c1-24(2)20-21-13-17(19(23-20)27-3)18(26)22-16-9-11-25(12-10-16)14-15-7-5-4-6-8-15/h4-8,13,16H,9-12,14H2,1-3H3,(H,22,26). The summed E-state index contributed by atoms with van der Waals surface area (Å²) in [6, 6.07) is 10.6. The van der Waals surface area contributed by atoms with Crippen molar-refractivity contribution in [2.24, 2.45) is 0 Å². The summed E-state index contributed by atoms with van der Waals surface area (Å²) in [4.78, 5) is 25.4. The van der Waals surface area contributed by atoms with Gasteiger partial charge < -0.3 is 15.0 Å². The normalized spacial score (nSPS) is 15.4. The Labute approximate surface area is 160 Å². The topological polar surface area (TPSA) is 70.6 Å². The maximum Gasteiger partial charge on any atom is 0.258 e. The largest absolute Gasteiger partial charge is 0.480 e. The third kappa shape index (κ3) is 4.95. The third-order valence-corrected chi connectivity index (χ3v) is 4.75. The number of piperidine rings is 1. The van der Waals surface area contributed by atoms with Crippen molar-refractivity contribution in [3.05, 3.63) is 47.7 Å². The summed E-state index contributed by atoms with van der Waals surface area (Å²) >= 11 is 0. The Kier molecular flexibility index (Phi) is 6.24. The Balaban J connectivity index is 1.55. The lowest BCUT2D eigenvalue weighted by molar-refractivity contribution is 0.0904.